The van der Waals surface area contributed by atoms with Gasteiger partial charge in [-0.2, -0.15) is 0 Å². The number of aromatic nitrogens is 1. The second-order valence-electron chi connectivity index (χ2n) is 6.80. The average molecular weight is 349 g/mol. The summed E-state index contributed by atoms with van der Waals surface area (Å²) in [7, 11) is 0. The first-order chi connectivity index (χ1) is 12.7. The van der Waals surface area contributed by atoms with E-state index in [1.165, 1.54) is 0 Å². The summed E-state index contributed by atoms with van der Waals surface area (Å²) in [4.78, 5) is 19.4. The standard InChI is InChI=1S/C21H23N3O2/c1-15-17-8-2-3-9-18(17)26-19(15)14-23-21(25)20(24-11-4-5-12-24)16-7-6-10-22-13-16/h2-3,6-10,13,20H,4-5,11-12,14H2,1H3,(H,23,25). The summed E-state index contributed by atoms with van der Waals surface area (Å²) in [6, 6.07) is 11.5. The van der Waals surface area contributed by atoms with E-state index in [2.05, 4.69) is 15.2 Å². The summed E-state index contributed by atoms with van der Waals surface area (Å²) >= 11 is 0. The Hall–Kier alpha value is -2.66. The van der Waals surface area contributed by atoms with Gasteiger partial charge in [-0.15, -0.1) is 0 Å². The lowest BCUT2D eigenvalue weighted by Gasteiger charge is -2.26. The number of amides is 1. The van der Waals surface area contributed by atoms with Gasteiger partial charge in [0.1, 0.15) is 17.4 Å². The number of pyridine rings is 1. The molecular formula is C21H23N3O2. The zero-order valence-electron chi connectivity index (χ0n) is 14.9. The van der Waals surface area contributed by atoms with E-state index in [1.54, 1.807) is 12.4 Å². The van der Waals surface area contributed by atoms with Crippen molar-refractivity contribution < 1.29 is 9.21 Å². The molecule has 1 aliphatic heterocycles. The van der Waals surface area contributed by atoms with Crippen LogP contribution in [0.4, 0.5) is 0 Å². The molecule has 1 amide bonds. The lowest BCUT2D eigenvalue weighted by atomic mass is 10.1. The second-order valence-corrected chi connectivity index (χ2v) is 6.80. The maximum atomic E-state index is 13.0. The van der Waals surface area contributed by atoms with Gasteiger partial charge in [0.25, 0.3) is 0 Å². The van der Waals surface area contributed by atoms with Crippen LogP contribution in [0.25, 0.3) is 11.0 Å². The molecule has 1 aromatic carbocycles. The Bertz CT molecular complexity index is 898. The molecule has 2 aromatic heterocycles. The van der Waals surface area contributed by atoms with E-state index < -0.39 is 0 Å². The van der Waals surface area contributed by atoms with Crippen molar-refractivity contribution in [3.8, 4) is 0 Å². The zero-order chi connectivity index (χ0) is 17.9. The minimum atomic E-state index is -0.295. The molecule has 0 bridgehead atoms. The van der Waals surface area contributed by atoms with E-state index in [4.69, 9.17) is 4.42 Å². The van der Waals surface area contributed by atoms with Gasteiger partial charge in [0.15, 0.2) is 0 Å². The van der Waals surface area contributed by atoms with Crippen molar-refractivity contribution in [3.05, 3.63) is 65.7 Å². The molecule has 0 aliphatic carbocycles. The van der Waals surface area contributed by atoms with Crippen molar-refractivity contribution in [2.24, 2.45) is 0 Å². The molecule has 3 heterocycles. The van der Waals surface area contributed by atoms with Crippen molar-refractivity contribution in [1.29, 1.82) is 0 Å². The number of rotatable bonds is 5. The first-order valence-electron chi connectivity index (χ1n) is 9.13. The van der Waals surface area contributed by atoms with Gasteiger partial charge in [0, 0.05) is 23.3 Å². The number of carbonyl (C=O) groups is 1. The molecule has 4 rings (SSSR count). The normalized spacial score (nSPS) is 16.0. The van der Waals surface area contributed by atoms with E-state index in [0.29, 0.717) is 6.54 Å². The van der Waals surface area contributed by atoms with Crippen LogP contribution in [0.15, 0.2) is 53.2 Å². The summed E-state index contributed by atoms with van der Waals surface area (Å²) in [5.74, 6) is 0.811. The predicted octanol–water partition coefficient (Wildman–Crippen LogP) is 3.59. The third-order valence-electron chi connectivity index (χ3n) is 5.12. The van der Waals surface area contributed by atoms with Gasteiger partial charge >= 0.3 is 0 Å². The fourth-order valence-electron chi connectivity index (χ4n) is 3.72. The maximum Gasteiger partial charge on any atom is 0.242 e. The Balaban J connectivity index is 1.53. The van der Waals surface area contributed by atoms with E-state index in [-0.39, 0.29) is 11.9 Å². The molecule has 0 saturated carbocycles. The predicted molar refractivity (Wildman–Crippen MR) is 101 cm³/mol. The largest absolute Gasteiger partial charge is 0.459 e. The van der Waals surface area contributed by atoms with Gasteiger partial charge in [0.05, 0.1) is 6.54 Å². The van der Waals surface area contributed by atoms with Crippen LogP contribution in [0, 0.1) is 6.92 Å². The quantitative estimate of drug-likeness (QED) is 0.765. The first kappa shape index (κ1) is 16.8. The second kappa shape index (κ2) is 7.30. The highest BCUT2D eigenvalue weighted by atomic mass is 16.3. The number of benzene rings is 1. The number of para-hydroxylation sites is 1. The molecule has 0 radical (unpaired) electrons. The number of nitrogens with zero attached hydrogens (tertiary/aromatic N) is 2. The third kappa shape index (κ3) is 3.22. The Morgan fingerprint density at radius 1 is 1.23 bits per heavy atom. The number of nitrogens with one attached hydrogen (secondary N) is 1. The highest BCUT2D eigenvalue weighted by molar-refractivity contribution is 5.84. The van der Waals surface area contributed by atoms with Gasteiger partial charge in [0.2, 0.25) is 5.91 Å². The van der Waals surface area contributed by atoms with Crippen LogP contribution < -0.4 is 5.32 Å². The third-order valence-corrected chi connectivity index (χ3v) is 5.12. The molecule has 3 aromatic rings. The Morgan fingerprint density at radius 3 is 2.77 bits per heavy atom. The molecule has 0 spiro atoms. The van der Waals surface area contributed by atoms with Crippen molar-refractivity contribution >= 4 is 16.9 Å². The smallest absolute Gasteiger partial charge is 0.242 e. The molecule has 5 heteroatoms. The van der Waals surface area contributed by atoms with Crippen molar-refractivity contribution in [3.63, 3.8) is 0 Å². The van der Waals surface area contributed by atoms with Gasteiger partial charge in [-0.05, 0) is 50.6 Å². The molecule has 26 heavy (non-hydrogen) atoms. The highest BCUT2D eigenvalue weighted by Crippen LogP contribution is 2.27. The van der Waals surface area contributed by atoms with Gasteiger partial charge < -0.3 is 9.73 Å². The monoisotopic (exact) mass is 349 g/mol. The lowest BCUT2D eigenvalue weighted by Crippen LogP contribution is -2.39. The fourth-order valence-corrected chi connectivity index (χ4v) is 3.72. The Morgan fingerprint density at radius 2 is 2.04 bits per heavy atom. The molecule has 134 valence electrons. The van der Waals surface area contributed by atoms with Crippen molar-refractivity contribution in [2.45, 2.75) is 32.4 Å². The van der Waals surface area contributed by atoms with E-state index in [0.717, 1.165) is 53.8 Å². The molecule has 1 fully saturated rings. The lowest BCUT2D eigenvalue weighted by molar-refractivity contribution is -0.126. The molecule has 5 nitrogen and oxygen atoms in total. The average Bonchev–Trinajstić information content (AvgIpc) is 3.30. The van der Waals surface area contributed by atoms with Crippen LogP contribution in [0.5, 0.6) is 0 Å². The van der Waals surface area contributed by atoms with Crippen LogP contribution in [0.3, 0.4) is 0 Å². The van der Waals surface area contributed by atoms with Gasteiger partial charge in [-0.1, -0.05) is 24.3 Å². The Kier molecular flexibility index (Phi) is 4.71. The van der Waals surface area contributed by atoms with Crippen molar-refractivity contribution in [2.75, 3.05) is 13.1 Å². The molecular weight excluding hydrogens is 326 g/mol. The van der Waals surface area contributed by atoms with Gasteiger partial charge in [-0.3, -0.25) is 14.7 Å². The molecule has 1 N–H and O–H groups in total. The topological polar surface area (TPSA) is 58.4 Å². The van der Waals surface area contributed by atoms with E-state index >= 15 is 0 Å². The summed E-state index contributed by atoms with van der Waals surface area (Å²) < 4.78 is 5.92. The van der Waals surface area contributed by atoms with Crippen LogP contribution >= 0.6 is 0 Å². The molecule has 1 saturated heterocycles. The number of carbonyl (C=O) groups excluding carboxylic acids is 1. The zero-order valence-corrected chi connectivity index (χ0v) is 14.9. The summed E-state index contributed by atoms with van der Waals surface area (Å²) in [6.07, 6.45) is 5.79. The van der Waals surface area contributed by atoms with Crippen LogP contribution in [0.2, 0.25) is 0 Å². The number of hydrogen-bond donors (Lipinski definition) is 1. The van der Waals surface area contributed by atoms with Crippen LogP contribution in [-0.4, -0.2) is 28.9 Å². The minimum Gasteiger partial charge on any atom is -0.459 e. The SMILES string of the molecule is Cc1c(CNC(=O)C(c2cccnc2)N2CCCC2)oc2ccccc12. The summed E-state index contributed by atoms with van der Waals surface area (Å²) in [5.41, 5.74) is 2.88. The number of likely N-dealkylation sites (tertiary alicyclic amines) is 1. The van der Waals surface area contributed by atoms with E-state index in [1.807, 2.05) is 43.3 Å². The fraction of sp³-hybridized carbons (Fsp3) is 0.333. The number of fused-ring (bicyclic) bond motifs is 1. The maximum absolute atomic E-state index is 13.0. The number of hydrogen-bond acceptors (Lipinski definition) is 4. The number of aryl methyl sites for hydroxylation is 1. The molecule has 1 aliphatic rings. The van der Waals surface area contributed by atoms with Crippen LogP contribution in [0.1, 0.15) is 35.8 Å². The van der Waals surface area contributed by atoms with Gasteiger partial charge in [-0.25, -0.2) is 0 Å². The highest BCUT2D eigenvalue weighted by Gasteiger charge is 2.30. The minimum absolute atomic E-state index is 0.000226. The van der Waals surface area contributed by atoms with Crippen LogP contribution in [-0.2, 0) is 11.3 Å². The van der Waals surface area contributed by atoms with E-state index in [9.17, 15) is 4.79 Å². The van der Waals surface area contributed by atoms with Crippen molar-refractivity contribution in [1.82, 2.24) is 15.2 Å². The first-order valence-corrected chi connectivity index (χ1v) is 9.13. The molecule has 1 unspecified atom stereocenters. The summed E-state index contributed by atoms with van der Waals surface area (Å²) in [5, 5.41) is 4.17. The summed E-state index contributed by atoms with van der Waals surface area (Å²) in [6.45, 7) is 4.31. The number of furan rings is 1. The Labute approximate surface area is 153 Å². The molecule has 1 atom stereocenters.